The minimum absolute atomic E-state index is 0.157. The van der Waals surface area contributed by atoms with Gasteiger partial charge in [-0.2, -0.15) is 13.2 Å². The van der Waals surface area contributed by atoms with Crippen molar-refractivity contribution in [3.05, 3.63) is 29.3 Å². The number of rotatable bonds is 5. The second-order valence-electron chi connectivity index (χ2n) is 5.32. The predicted octanol–water partition coefficient (Wildman–Crippen LogP) is 1.76. The monoisotopic (exact) mass is 337 g/mol. The number of nitrogens with two attached hydrogens (primary N) is 1. The third-order valence-corrected chi connectivity index (χ3v) is 5.76. The van der Waals surface area contributed by atoms with E-state index in [4.69, 9.17) is 10.5 Å². The highest BCUT2D eigenvalue weighted by atomic mass is 32.2. The van der Waals surface area contributed by atoms with E-state index in [0.717, 1.165) is 18.4 Å². The normalized spacial score (nSPS) is 17.1. The largest absolute Gasteiger partial charge is 0.491 e. The Morgan fingerprint density at radius 3 is 2.36 bits per heavy atom. The van der Waals surface area contributed by atoms with Gasteiger partial charge in [-0.1, -0.05) is 0 Å². The maximum atomic E-state index is 12.6. The highest BCUT2D eigenvalue weighted by Crippen LogP contribution is 2.43. The average Bonchev–Trinajstić information content (AvgIpc) is 3.15. The molecule has 0 aromatic heterocycles. The predicted molar refractivity (Wildman–Crippen MR) is 72.3 cm³/mol. The number of benzene rings is 1. The SMILES string of the molecule is CS(=O)(=O)C1(COc2ccc(C(F)(F)F)cc2C(N)=O)CC1. The summed E-state index contributed by atoms with van der Waals surface area (Å²) in [6, 6.07) is 2.32. The Morgan fingerprint density at radius 2 is 1.95 bits per heavy atom. The third-order valence-electron chi connectivity index (χ3n) is 3.66. The van der Waals surface area contributed by atoms with Crippen LogP contribution in [0.4, 0.5) is 13.2 Å². The van der Waals surface area contributed by atoms with Crippen LogP contribution in [-0.2, 0) is 16.0 Å². The second kappa shape index (κ2) is 5.15. The van der Waals surface area contributed by atoms with Crippen LogP contribution in [0.1, 0.15) is 28.8 Å². The van der Waals surface area contributed by atoms with E-state index in [0.29, 0.717) is 18.9 Å². The van der Waals surface area contributed by atoms with Crippen molar-refractivity contribution in [1.29, 1.82) is 0 Å². The van der Waals surface area contributed by atoms with Crippen LogP contribution in [0.2, 0.25) is 0 Å². The van der Waals surface area contributed by atoms with Gasteiger partial charge in [0.25, 0.3) is 5.91 Å². The molecule has 2 N–H and O–H groups in total. The second-order valence-corrected chi connectivity index (χ2v) is 7.73. The minimum Gasteiger partial charge on any atom is -0.491 e. The van der Waals surface area contributed by atoms with E-state index in [9.17, 15) is 26.4 Å². The first-order valence-corrected chi connectivity index (χ1v) is 8.19. The fraction of sp³-hybridized carbons (Fsp3) is 0.462. The van der Waals surface area contributed by atoms with Crippen molar-refractivity contribution in [2.24, 2.45) is 5.73 Å². The summed E-state index contributed by atoms with van der Waals surface area (Å²) in [6.07, 6.45) is -2.71. The van der Waals surface area contributed by atoms with Crippen LogP contribution in [0.15, 0.2) is 18.2 Å². The molecule has 9 heteroatoms. The number of amides is 1. The molecule has 0 saturated heterocycles. The number of hydrogen-bond donors (Lipinski definition) is 1. The summed E-state index contributed by atoms with van der Waals surface area (Å²) in [7, 11) is -3.35. The summed E-state index contributed by atoms with van der Waals surface area (Å²) in [6.45, 7) is -0.225. The first-order valence-electron chi connectivity index (χ1n) is 6.30. The lowest BCUT2D eigenvalue weighted by atomic mass is 10.1. The lowest BCUT2D eigenvalue weighted by molar-refractivity contribution is -0.137. The number of halogens is 3. The number of hydrogen-bond acceptors (Lipinski definition) is 4. The van der Waals surface area contributed by atoms with Crippen LogP contribution < -0.4 is 10.5 Å². The molecule has 0 atom stereocenters. The molecule has 1 aliphatic carbocycles. The van der Waals surface area contributed by atoms with Gasteiger partial charge in [-0.25, -0.2) is 8.42 Å². The quantitative estimate of drug-likeness (QED) is 0.887. The Hall–Kier alpha value is -1.77. The van der Waals surface area contributed by atoms with Gasteiger partial charge < -0.3 is 10.5 Å². The van der Waals surface area contributed by atoms with Gasteiger partial charge in [-0.3, -0.25) is 4.79 Å². The Kier molecular flexibility index (Phi) is 3.88. The van der Waals surface area contributed by atoms with Crippen molar-refractivity contribution in [2.75, 3.05) is 12.9 Å². The Balaban J connectivity index is 2.27. The molecule has 122 valence electrons. The van der Waals surface area contributed by atoms with Gasteiger partial charge in [-0.15, -0.1) is 0 Å². The number of primary amides is 1. The smallest absolute Gasteiger partial charge is 0.416 e. The highest BCUT2D eigenvalue weighted by Gasteiger charge is 2.53. The van der Waals surface area contributed by atoms with Crippen LogP contribution in [0, 0.1) is 0 Å². The topological polar surface area (TPSA) is 86.5 Å². The summed E-state index contributed by atoms with van der Waals surface area (Å²) in [4.78, 5) is 11.3. The van der Waals surface area contributed by atoms with Crippen molar-refractivity contribution in [1.82, 2.24) is 0 Å². The fourth-order valence-electron chi connectivity index (χ4n) is 2.00. The molecule has 1 aliphatic rings. The van der Waals surface area contributed by atoms with E-state index in [1.165, 1.54) is 0 Å². The number of carbonyl (C=O) groups is 1. The fourth-order valence-corrected chi connectivity index (χ4v) is 3.11. The number of ether oxygens (including phenoxy) is 1. The Bertz CT molecular complexity index is 708. The van der Waals surface area contributed by atoms with E-state index in [2.05, 4.69) is 0 Å². The number of alkyl halides is 3. The minimum atomic E-state index is -4.62. The summed E-state index contributed by atoms with van der Waals surface area (Å²) < 4.78 is 65.4. The van der Waals surface area contributed by atoms with Crippen molar-refractivity contribution < 1.29 is 31.1 Å². The first-order chi connectivity index (χ1) is 9.96. The van der Waals surface area contributed by atoms with Gasteiger partial charge in [-0.05, 0) is 31.0 Å². The molecule has 0 spiro atoms. The summed E-state index contributed by atoms with van der Waals surface area (Å²) in [5, 5.41) is 0. The molecule has 0 bridgehead atoms. The van der Waals surface area contributed by atoms with Gasteiger partial charge in [0.2, 0.25) is 0 Å². The van der Waals surface area contributed by atoms with Crippen LogP contribution in [0.3, 0.4) is 0 Å². The van der Waals surface area contributed by atoms with E-state index in [1.54, 1.807) is 0 Å². The lowest BCUT2D eigenvalue weighted by Crippen LogP contribution is -2.29. The zero-order chi connectivity index (χ0) is 16.8. The third kappa shape index (κ3) is 3.18. The van der Waals surface area contributed by atoms with Crippen molar-refractivity contribution >= 4 is 15.7 Å². The molecule has 22 heavy (non-hydrogen) atoms. The zero-order valence-electron chi connectivity index (χ0n) is 11.6. The van der Waals surface area contributed by atoms with Gasteiger partial charge in [0, 0.05) is 6.26 Å². The van der Waals surface area contributed by atoms with E-state index >= 15 is 0 Å². The van der Waals surface area contributed by atoms with Crippen molar-refractivity contribution in [3.8, 4) is 5.75 Å². The molecule has 1 amide bonds. The lowest BCUT2D eigenvalue weighted by Gasteiger charge is -2.17. The molecule has 1 aromatic rings. The van der Waals surface area contributed by atoms with Crippen molar-refractivity contribution in [3.63, 3.8) is 0 Å². The van der Waals surface area contributed by atoms with E-state index < -0.39 is 37.8 Å². The van der Waals surface area contributed by atoms with Gasteiger partial charge >= 0.3 is 6.18 Å². The number of sulfone groups is 1. The van der Waals surface area contributed by atoms with E-state index in [1.807, 2.05) is 0 Å². The molecule has 0 radical (unpaired) electrons. The molecule has 2 rings (SSSR count). The highest BCUT2D eigenvalue weighted by molar-refractivity contribution is 7.92. The molecule has 0 heterocycles. The van der Waals surface area contributed by atoms with Crippen LogP contribution in [0.5, 0.6) is 5.75 Å². The first kappa shape index (κ1) is 16.6. The molecule has 0 aliphatic heterocycles. The zero-order valence-corrected chi connectivity index (χ0v) is 12.4. The summed E-state index contributed by atoms with van der Waals surface area (Å²) >= 11 is 0. The van der Waals surface area contributed by atoms with Crippen LogP contribution >= 0.6 is 0 Å². The van der Waals surface area contributed by atoms with Crippen LogP contribution in [0.25, 0.3) is 0 Å². The maximum Gasteiger partial charge on any atom is 0.416 e. The average molecular weight is 337 g/mol. The van der Waals surface area contributed by atoms with Crippen LogP contribution in [-0.4, -0.2) is 31.9 Å². The Morgan fingerprint density at radius 1 is 1.36 bits per heavy atom. The van der Waals surface area contributed by atoms with Gasteiger partial charge in [0.05, 0.1) is 11.1 Å². The molecule has 1 saturated carbocycles. The molecule has 1 aromatic carbocycles. The molecular formula is C13H14F3NO4S. The summed E-state index contributed by atoms with van der Waals surface area (Å²) in [5.74, 6) is -1.24. The molecular weight excluding hydrogens is 323 g/mol. The van der Waals surface area contributed by atoms with E-state index in [-0.39, 0.29) is 12.4 Å². The van der Waals surface area contributed by atoms with Gasteiger partial charge in [0.1, 0.15) is 17.1 Å². The molecule has 5 nitrogen and oxygen atoms in total. The number of carbonyl (C=O) groups excluding carboxylic acids is 1. The summed E-state index contributed by atoms with van der Waals surface area (Å²) in [5.41, 5.74) is 3.60. The standard InChI is InChI=1S/C13H14F3NO4S/c1-22(19,20)12(4-5-12)7-21-10-3-2-8(13(14,15)16)6-9(10)11(17)18/h2-3,6H,4-5,7H2,1H3,(H2,17,18). The Labute approximate surface area is 125 Å². The molecule has 1 fully saturated rings. The van der Waals surface area contributed by atoms with Gasteiger partial charge in [0.15, 0.2) is 9.84 Å². The molecule has 0 unspecified atom stereocenters. The maximum absolute atomic E-state index is 12.6. The van der Waals surface area contributed by atoms with Crippen molar-refractivity contribution in [2.45, 2.75) is 23.8 Å².